The van der Waals surface area contributed by atoms with Gasteiger partial charge in [-0.05, 0) is 13.0 Å². The van der Waals surface area contributed by atoms with Crippen LogP contribution in [0.5, 0.6) is 0 Å². The van der Waals surface area contributed by atoms with Crippen LogP contribution in [-0.2, 0) is 17.9 Å². The molecule has 6 nitrogen and oxygen atoms in total. The number of nitrogens with one attached hydrogen (secondary N) is 1. The van der Waals surface area contributed by atoms with Crippen LogP contribution in [-0.4, -0.2) is 27.8 Å². The smallest absolute Gasteiger partial charge is 0.260 e. The number of hydrogen-bond donors (Lipinski definition) is 1. The molecule has 1 N–H and O–H groups in total. The molecule has 0 unspecified atom stereocenters. The van der Waals surface area contributed by atoms with Crippen molar-refractivity contribution in [3.05, 3.63) is 41.7 Å². The molecule has 114 valence electrons. The first-order valence-corrected chi connectivity index (χ1v) is 7.74. The fourth-order valence-corrected chi connectivity index (χ4v) is 3.06. The molecule has 3 aromatic rings. The quantitative estimate of drug-likeness (QED) is 0.786. The largest absolute Gasteiger partial charge is 0.380 e. The van der Waals surface area contributed by atoms with E-state index in [1.165, 1.54) is 11.3 Å². The summed E-state index contributed by atoms with van der Waals surface area (Å²) in [5.41, 5.74) is 2.41. The minimum atomic E-state index is -0.202. The average Bonchev–Trinajstić information content (AvgIpc) is 3.13. The van der Waals surface area contributed by atoms with Crippen LogP contribution in [0.1, 0.15) is 22.8 Å². The van der Waals surface area contributed by atoms with Gasteiger partial charge in [0.2, 0.25) is 0 Å². The number of thiazole rings is 1. The Morgan fingerprint density at radius 1 is 1.45 bits per heavy atom. The summed E-state index contributed by atoms with van der Waals surface area (Å²) in [7, 11) is 1.65. The number of aromatic nitrogens is 3. The van der Waals surface area contributed by atoms with E-state index in [9.17, 15) is 4.79 Å². The summed E-state index contributed by atoms with van der Waals surface area (Å²) in [4.78, 5) is 16.7. The molecule has 2 aromatic heterocycles. The monoisotopic (exact) mass is 316 g/mol. The van der Waals surface area contributed by atoms with Crippen molar-refractivity contribution in [1.82, 2.24) is 14.8 Å². The molecule has 7 heteroatoms. The number of amides is 1. The molecule has 0 atom stereocenters. The molecule has 0 saturated heterocycles. The molecule has 1 aromatic carbocycles. The van der Waals surface area contributed by atoms with E-state index < -0.39 is 0 Å². The van der Waals surface area contributed by atoms with Crippen molar-refractivity contribution in [2.45, 2.75) is 20.1 Å². The van der Waals surface area contributed by atoms with Crippen LogP contribution >= 0.6 is 11.3 Å². The van der Waals surface area contributed by atoms with Crippen molar-refractivity contribution >= 4 is 32.6 Å². The zero-order chi connectivity index (χ0) is 15.5. The molecule has 2 heterocycles. The van der Waals surface area contributed by atoms with Crippen molar-refractivity contribution in [1.29, 1.82) is 0 Å². The summed E-state index contributed by atoms with van der Waals surface area (Å²) in [6.45, 7) is 3.20. The van der Waals surface area contributed by atoms with Crippen LogP contribution in [0.15, 0.2) is 30.6 Å². The number of aryl methyl sites for hydroxylation is 1. The highest BCUT2D eigenvalue weighted by Crippen LogP contribution is 2.28. The van der Waals surface area contributed by atoms with E-state index >= 15 is 0 Å². The number of rotatable bonds is 5. The molecule has 0 aliphatic heterocycles. The lowest BCUT2D eigenvalue weighted by Gasteiger charge is -1.99. The van der Waals surface area contributed by atoms with Gasteiger partial charge in [0.05, 0.1) is 28.6 Å². The number of nitrogens with zero attached hydrogens (tertiary/aromatic N) is 3. The lowest BCUT2D eigenvalue weighted by atomic mass is 10.2. The number of anilines is 1. The van der Waals surface area contributed by atoms with Gasteiger partial charge in [-0.3, -0.25) is 14.8 Å². The van der Waals surface area contributed by atoms with Gasteiger partial charge >= 0.3 is 0 Å². The molecule has 0 radical (unpaired) electrons. The predicted molar refractivity (Wildman–Crippen MR) is 86.2 cm³/mol. The Labute approximate surface area is 131 Å². The van der Waals surface area contributed by atoms with Crippen molar-refractivity contribution in [3.63, 3.8) is 0 Å². The summed E-state index contributed by atoms with van der Waals surface area (Å²) in [6, 6.07) is 5.92. The highest BCUT2D eigenvalue weighted by molar-refractivity contribution is 7.22. The Morgan fingerprint density at radius 2 is 2.32 bits per heavy atom. The maximum absolute atomic E-state index is 12.2. The number of ether oxygens (including phenoxy) is 1. The topological polar surface area (TPSA) is 69.0 Å². The molecule has 1 amide bonds. The molecule has 22 heavy (non-hydrogen) atoms. The van der Waals surface area contributed by atoms with Crippen LogP contribution in [0.3, 0.4) is 0 Å². The van der Waals surface area contributed by atoms with E-state index in [1.807, 2.05) is 25.1 Å². The van der Waals surface area contributed by atoms with Gasteiger partial charge in [0.15, 0.2) is 5.13 Å². The minimum Gasteiger partial charge on any atom is -0.380 e. The fraction of sp³-hybridized carbons (Fsp3) is 0.267. The zero-order valence-electron chi connectivity index (χ0n) is 12.4. The number of carbonyl (C=O) groups is 1. The van der Waals surface area contributed by atoms with Gasteiger partial charge in [-0.25, -0.2) is 4.98 Å². The van der Waals surface area contributed by atoms with Gasteiger partial charge < -0.3 is 4.74 Å². The summed E-state index contributed by atoms with van der Waals surface area (Å²) < 4.78 is 7.91. The standard InChI is InChI=1S/C15H16N4O2S/c1-3-19-8-11(7-16-19)14(20)18-15-17-13-10(9-21-2)5-4-6-12(13)22-15/h4-8H,3,9H2,1-2H3,(H,17,18,20). The molecule has 0 aliphatic carbocycles. The summed E-state index contributed by atoms with van der Waals surface area (Å²) in [5.74, 6) is -0.202. The average molecular weight is 316 g/mol. The van der Waals surface area contributed by atoms with E-state index in [0.717, 1.165) is 22.3 Å². The van der Waals surface area contributed by atoms with E-state index in [4.69, 9.17) is 4.74 Å². The molecule has 0 aliphatic rings. The number of fused-ring (bicyclic) bond motifs is 1. The third-order valence-corrected chi connectivity index (χ3v) is 4.18. The van der Waals surface area contributed by atoms with E-state index in [1.54, 1.807) is 24.2 Å². The SMILES string of the molecule is CCn1cc(C(=O)Nc2nc3c(COC)cccc3s2)cn1. The molecule has 0 bridgehead atoms. The Kier molecular flexibility index (Phi) is 4.17. The van der Waals surface area contributed by atoms with E-state index in [0.29, 0.717) is 17.3 Å². The highest BCUT2D eigenvalue weighted by atomic mass is 32.1. The Balaban J connectivity index is 1.84. The Hall–Kier alpha value is -2.25. The molecule has 3 rings (SSSR count). The normalized spacial score (nSPS) is 11.0. The number of para-hydroxylation sites is 1. The van der Waals surface area contributed by atoms with Gasteiger partial charge in [0, 0.05) is 25.4 Å². The second-order valence-corrected chi connectivity index (χ2v) is 5.79. The molecular formula is C15H16N4O2S. The lowest BCUT2D eigenvalue weighted by molar-refractivity contribution is 0.102. The van der Waals surface area contributed by atoms with Gasteiger partial charge in [-0.1, -0.05) is 23.5 Å². The second-order valence-electron chi connectivity index (χ2n) is 4.75. The first-order valence-electron chi connectivity index (χ1n) is 6.92. The maximum atomic E-state index is 12.2. The molecule has 0 spiro atoms. The number of carbonyl (C=O) groups excluding carboxylic acids is 1. The number of benzene rings is 1. The third kappa shape index (κ3) is 2.86. The van der Waals surface area contributed by atoms with Gasteiger partial charge in [-0.2, -0.15) is 5.10 Å². The zero-order valence-corrected chi connectivity index (χ0v) is 13.2. The number of methoxy groups -OCH3 is 1. The van der Waals surface area contributed by atoms with Crippen LogP contribution < -0.4 is 5.32 Å². The fourth-order valence-electron chi connectivity index (χ4n) is 2.15. The van der Waals surface area contributed by atoms with Crippen molar-refractivity contribution in [3.8, 4) is 0 Å². The Morgan fingerprint density at radius 3 is 3.05 bits per heavy atom. The van der Waals surface area contributed by atoms with Crippen LogP contribution in [0.2, 0.25) is 0 Å². The van der Waals surface area contributed by atoms with Gasteiger partial charge in [0.25, 0.3) is 5.91 Å². The molecular weight excluding hydrogens is 300 g/mol. The minimum absolute atomic E-state index is 0.202. The first-order chi connectivity index (χ1) is 10.7. The van der Waals surface area contributed by atoms with Crippen molar-refractivity contribution < 1.29 is 9.53 Å². The lowest BCUT2D eigenvalue weighted by Crippen LogP contribution is -2.10. The van der Waals surface area contributed by atoms with E-state index in [-0.39, 0.29) is 5.91 Å². The summed E-state index contributed by atoms with van der Waals surface area (Å²) in [5, 5.41) is 7.51. The van der Waals surface area contributed by atoms with Crippen molar-refractivity contribution in [2.75, 3.05) is 12.4 Å². The predicted octanol–water partition coefficient (Wildman–Crippen LogP) is 2.91. The van der Waals surface area contributed by atoms with E-state index in [2.05, 4.69) is 15.4 Å². The van der Waals surface area contributed by atoms with Crippen LogP contribution in [0.25, 0.3) is 10.2 Å². The van der Waals surface area contributed by atoms with Crippen molar-refractivity contribution in [2.24, 2.45) is 0 Å². The molecule has 0 saturated carbocycles. The summed E-state index contributed by atoms with van der Waals surface area (Å²) >= 11 is 1.45. The summed E-state index contributed by atoms with van der Waals surface area (Å²) in [6.07, 6.45) is 3.28. The van der Waals surface area contributed by atoms with Gasteiger partial charge in [-0.15, -0.1) is 0 Å². The highest BCUT2D eigenvalue weighted by Gasteiger charge is 2.13. The van der Waals surface area contributed by atoms with Crippen LogP contribution in [0.4, 0.5) is 5.13 Å². The molecule has 0 fully saturated rings. The number of hydrogen-bond acceptors (Lipinski definition) is 5. The maximum Gasteiger partial charge on any atom is 0.260 e. The van der Waals surface area contributed by atoms with Gasteiger partial charge in [0.1, 0.15) is 0 Å². The second kappa shape index (κ2) is 6.25. The third-order valence-electron chi connectivity index (χ3n) is 3.24. The Bertz CT molecular complexity index is 809. The van der Waals surface area contributed by atoms with Crippen LogP contribution in [0, 0.1) is 0 Å². The first kappa shape index (κ1) is 14.7.